The minimum absolute atomic E-state index is 0. The molecule has 0 radical (unpaired) electrons. The van der Waals surface area contributed by atoms with Gasteiger partial charge < -0.3 is 28.9 Å². The van der Waals surface area contributed by atoms with Gasteiger partial charge in [-0.15, -0.1) is 0 Å². The van der Waals surface area contributed by atoms with Crippen LogP contribution >= 0.6 is 23.1 Å². The SMILES string of the molecule is CCCCCCCCCCCCN1C(C)=CS/C1=C\c1scc(C)[n+]1CCCCCCCCCCCC.[I-]. The molecule has 0 aromatic carbocycles. The Labute approximate surface area is 262 Å². The molecule has 1 aliphatic heterocycles. The molecule has 0 bridgehead atoms. The average Bonchev–Trinajstić information content (AvgIpc) is 3.42. The molecule has 38 heavy (non-hydrogen) atoms. The highest BCUT2D eigenvalue weighted by Crippen LogP contribution is 2.36. The first kappa shape index (κ1) is 36.0. The van der Waals surface area contributed by atoms with Crippen molar-refractivity contribution < 1.29 is 28.5 Å². The molecule has 0 amide bonds. The maximum atomic E-state index is 2.56. The number of hydrogen-bond donors (Lipinski definition) is 0. The summed E-state index contributed by atoms with van der Waals surface area (Å²) in [5.74, 6) is 0. The van der Waals surface area contributed by atoms with Crippen LogP contribution < -0.4 is 28.5 Å². The predicted octanol–water partition coefficient (Wildman–Crippen LogP) is 8.40. The Morgan fingerprint density at radius 1 is 0.684 bits per heavy atom. The van der Waals surface area contributed by atoms with Crippen molar-refractivity contribution in [1.82, 2.24) is 4.90 Å². The Morgan fingerprint density at radius 2 is 1.16 bits per heavy atom. The van der Waals surface area contributed by atoms with E-state index in [0.29, 0.717) is 0 Å². The third kappa shape index (κ3) is 15.1. The van der Waals surface area contributed by atoms with Gasteiger partial charge in [0.05, 0.1) is 16.5 Å². The number of aromatic nitrogens is 1. The Balaban J connectivity index is 0.00000722. The summed E-state index contributed by atoms with van der Waals surface area (Å²) in [6.07, 6.45) is 30.5. The fraction of sp³-hybridized carbons (Fsp3) is 0.788. The molecule has 0 fully saturated rings. The number of thiazole rings is 1. The summed E-state index contributed by atoms with van der Waals surface area (Å²) in [7, 11) is 0. The monoisotopic (exact) mass is 674 g/mol. The van der Waals surface area contributed by atoms with Crippen molar-refractivity contribution >= 4 is 29.2 Å². The van der Waals surface area contributed by atoms with E-state index in [-0.39, 0.29) is 24.0 Å². The number of thioether (sulfide) groups is 1. The molecule has 2 nitrogen and oxygen atoms in total. The fourth-order valence-corrected chi connectivity index (χ4v) is 7.31. The number of hydrogen-bond acceptors (Lipinski definition) is 3. The second kappa shape index (κ2) is 23.7. The first-order chi connectivity index (χ1) is 18.2. The van der Waals surface area contributed by atoms with Crippen LogP contribution in [-0.4, -0.2) is 11.4 Å². The first-order valence-electron chi connectivity index (χ1n) is 16.0. The largest absolute Gasteiger partial charge is 1.00 e. The highest BCUT2D eigenvalue weighted by Gasteiger charge is 2.22. The average molecular weight is 675 g/mol. The molecule has 0 N–H and O–H groups in total. The lowest BCUT2D eigenvalue weighted by Gasteiger charge is -2.21. The van der Waals surface area contributed by atoms with Crippen LogP contribution in [0.3, 0.4) is 0 Å². The lowest BCUT2D eigenvalue weighted by Crippen LogP contribution is -3.00. The van der Waals surface area contributed by atoms with Crippen LogP contribution in [-0.2, 0) is 6.54 Å². The molecule has 0 saturated carbocycles. The number of aryl methyl sites for hydroxylation is 1. The van der Waals surface area contributed by atoms with Crippen LogP contribution in [0.2, 0.25) is 0 Å². The third-order valence-electron chi connectivity index (χ3n) is 7.80. The number of halogens is 1. The van der Waals surface area contributed by atoms with Crippen molar-refractivity contribution in [2.45, 2.75) is 163 Å². The van der Waals surface area contributed by atoms with Gasteiger partial charge in [0, 0.05) is 25.6 Å². The zero-order valence-corrected chi connectivity index (χ0v) is 29.2. The number of allylic oxidation sites excluding steroid dienone is 1. The zero-order chi connectivity index (χ0) is 26.6. The quantitative estimate of drug-likeness (QED) is 0.0654. The van der Waals surface area contributed by atoms with E-state index in [9.17, 15) is 0 Å². The number of nitrogens with zero attached hydrogens (tertiary/aromatic N) is 2. The molecular formula is C33H59IN2S2. The second-order valence-electron chi connectivity index (χ2n) is 11.2. The maximum absolute atomic E-state index is 2.56. The van der Waals surface area contributed by atoms with Gasteiger partial charge in [-0.1, -0.05) is 146 Å². The molecular weight excluding hydrogens is 615 g/mol. The topological polar surface area (TPSA) is 7.12 Å². The maximum Gasteiger partial charge on any atom is 0.264 e. The Bertz CT molecular complexity index is 771. The van der Waals surface area contributed by atoms with Crippen LogP contribution in [0.25, 0.3) is 6.08 Å². The summed E-state index contributed by atoms with van der Waals surface area (Å²) < 4.78 is 2.56. The Kier molecular flexibility index (Phi) is 22.4. The molecule has 0 atom stereocenters. The predicted molar refractivity (Wildman–Crippen MR) is 169 cm³/mol. The van der Waals surface area contributed by atoms with Crippen LogP contribution in [0.4, 0.5) is 0 Å². The minimum Gasteiger partial charge on any atom is -1.00 e. The minimum atomic E-state index is 0. The fourth-order valence-electron chi connectivity index (χ4n) is 5.31. The Morgan fingerprint density at radius 3 is 1.68 bits per heavy atom. The van der Waals surface area contributed by atoms with Crippen molar-refractivity contribution in [1.29, 1.82) is 0 Å². The summed E-state index contributed by atoms with van der Waals surface area (Å²) in [4.78, 5) is 2.56. The van der Waals surface area contributed by atoms with E-state index in [0.717, 1.165) is 0 Å². The molecule has 0 spiro atoms. The van der Waals surface area contributed by atoms with Crippen molar-refractivity contribution in [3.05, 3.63) is 32.2 Å². The second-order valence-corrected chi connectivity index (χ2v) is 13.0. The summed E-state index contributed by atoms with van der Waals surface area (Å²) in [6.45, 7) is 11.5. The summed E-state index contributed by atoms with van der Waals surface area (Å²) in [5, 5.41) is 7.53. The van der Waals surface area contributed by atoms with Gasteiger partial charge in [-0.2, -0.15) is 4.57 Å². The molecule has 0 aliphatic carbocycles. The van der Waals surface area contributed by atoms with E-state index in [1.165, 1.54) is 163 Å². The third-order valence-corrected chi connectivity index (χ3v) is 9.88. The van der Waals surface area contributed by atoms with Gasteiger partial charge in [-0.25, -0.2) is 0 Å². The standard InChI is InChI=1S/C33H59N2S2.HI/c1-5-7-9-11-13-15-17-19-21-23-25-34-30(3)28-36-32(34)27-33-35(31(4)29-37-33)26-24-22-20-18-16-14-12-10-8-6-2;/h27-29H,5-26H2,1-4H3;1H/q+1;/p-1. The van der Waals surface area contributed by atoms with Gasteiger partial charge in [0.1, 0.15) is 6.54 Å². The molecule has 2 heterocycles. The molecule has 1 aromatic rings. The van der Waals surface area contributed by atoms with Gasteiger partial charge in [-0.3, -0.25) is 0 Å². The summed E-state index contributed by atoms with van der Waals surface area (Å²) >= 11 is 3.83. The van der Waals surface area contributed by atoms with Gasteiger partial charge in [-0.05, 0) is 25.2 Å². The molecule has 1 aliphatic rings. The van der Waals surface area contributed by atoms with E-state index in [4.69, 9.17) is 0 Å². The van der Waals surface area contributed by atoms with E-state index >= 15 is 0 Å². The van der Waals surface area contributed by atoms with Gasteiger partial charge >= 0.3 is 0 Å². The van der Waals surface area contributed by atoms with Crippen LogP contribution in [0.5, 0.6) is 0 Å². The van der Waals surface area contributed by atoms with Gasteiger partial charge in [0.25, 0.3) is 5.01 Å². The van der Waals surface area contributed by atoms with Crippen molar-refractivity contribution in [3.8, 4) is 0 Å². The molecule has 1 aromatic heterocycles. The molecule has 0 unspecified atom stereocenters. The van der Waals surface area contributed by atoms with Crippen molar-refractivity contribution in [3.63, 3.8) is 0 Å². The van der Waals surface area contributed by atoms with Crippen LogP contribution in [0, 0.1) is 6.92 Å². The van der Waals surface area contributed by atoms with E-state index in [2.05, 4.69) is 54.0 Å². The Hall–Kier alpha value is -0.0100. The molecule has 0 saturated heterocycles. The lowest BCUT2D eigenvalue weighted by atomic mass is 10.1. The molecule has 220 valence electrons. The summed E-state index contributed by atoms with van der Waals surface area (Å²) in [5.41, 5.74) is 2.84. The van der Waals surface area contributed by atoms with Crippen molar-refractivity contribution in [2.24, 2.45) is 0 Å². The highest BCUT2D eigenvalue weighted by molar-refractivity contribution is 8.06. The molecule has 2 rings (SSSR count). The van der Waals surface area contributed by atoms with Gasteiger partial charge in [0.2, 0.25) is 0 Å². The molecule has 5 heteroatoms. The summed E-state index contributed by atoms with van der Waals surface area (Å²) in [6, 6.07) is 0. The van der Waals surface area contributed by atoms with E-state index in [1.807, 2.05) is 23.1 Å². The number of rotatable bonds is 23. The van der Waals surface area contributed by atoms with Crippen LogP contribution in [0.15, 0.2) is 21.5 Å². The zero-order valence-electron chi connectivity index (χ0n) is 25.4. The first-order valence-corrected chi connectivity index (χ1v) is 17.7. The smallest absolute Gasteiger partial charge is 0.264 e. The van der Waals surface area contributed by atoms with E-state index < -0.39 is 0 Å². The highest BCUT2D eigenvalue weighted by atomic mass is 127. The number of unbranched alkanes of at least 4 members (excludes halogenated alkanes) is 18. The normalized spacial score (nSPS) is 14.4. The van der Waals surface area contributed by atoms with E-state index in [1.54, 1.807) is 0 Å². The van der Waals surface area contributed by atoms with Crippen molar-refractivity contribution in [2.75, 3.05) is 6.54 Å². The van der Waals surface area contributed by atoms with Crippen LogP contribution in [0.1, 0.15) is 160 Å². The van der Waals surface area contributed by atoms with Gasteiger partial charge in [0.15, 0.2) is 5.69 Å². The lowest BCUT2D eigenvalue weighted by molar-refractivity contribution is -0.700.